The van der Waals surface area contributed by atoms with Gasteiger partial charge >= 0.3 is 0 Å². The summed E-state index contributed by atoms with van der Waals surface area (Å²) in [7, 11) is 0. The topological polar surface area (TPSA) is 12.9 Å². The molecule has 0 amide bonds. The van der Waals surface area contributed by atoms with Gasteiger partial charge < -0.3 is 0 Å². The predicted molar refractivity (Wildman–Crippen MR) is 51.3 cm³/mol. The average molecular weight is 185 g/mol. The Morgan fingerprint density at radius 3 is 2.73 bits per heavy atom. The molecule has 0 aromatic carbocycles. The lowest BCUT2D eigenvalue weighted by Gasteiger charge is -2.06. The maximum Gasteiger partial charge on any atom is 0.0897 e. The quantitative estimate of drug-likeness (QED) is 0.702. The second-order valence-corrected chi connectivity index (χ2v) is 5.20. The summed E-state index contributed by atoms with van der Waals surface area (Å²) < 4.78 is 0.421. The summed E-state index contributed by atoms with van der Waals surface area (Å²) in [4.78, 5) is 4.51. The molecule has 0 spiro atoms. The van der Waals surface area contributed by atoms with Gasteiger partial charge in [0.25, 0.3) is 0 Å². The van der Waals surface area contributed by atoms with Crippen LogP contribution >= 0.6 is 23.1 Å². The van der Waals surface area contributed by atoms with Gasteiger partial charge in [-0.1, -0.05) is 0 Å². The maximum absolute atomic E-state index is 4.51. The maximum atomic E-state index is 4.51. The summed E-state index contributed by atoms with van der Waals surface area (Å²) in [5.41, 5.74) is 1.31. The molecule has 0 saturated heterocycles. The first kappa shape index (κ1) is 7.62. The van der Waals surface area contributed by atoms with E-state index < -0.39 is 0 Å². The summed E-state index contributed by atoms with van der Waals surface area (Å²) in [6.07, 6.45) is 4.82. The van der Waals surface area contributed by atoms with Gasteiger partial charge in [0.15, 0.2) is 0 Å². The number of rotatable bonds is 2. The predicted octanol–water partition coefficient (Wildman–Crippen LogP) is 2.80. The van der Waals surface area contributed by atoms with Crippen LogP contribution in [0.25, 0.3) is 0 Å². The van der Waals surface area contributed by atoms with Gasteiger partial charge in [-0.2, -0.15) is 11.8 Å². The first-order valence-corrected chi connectivity index (χ1v) is 5.85. The van der Waals surface area contributed by atoms with E-state index in [0.717, 1.165) is 0 Å². The number of hydrogen-bond acceptors (Lipinski definition) is 3. The molecule has 1 aromatic heterocycles. The van der Waals surface area contributed by atoms with Gasteiger partial charge in [-0.25, -0.2) is 4.98 Å². The monoisotopic (exact) mass is 185 g/mol. The Morgan fingerprint density at radius 2 is 2.36 bits per heavy atom. The molecule has 11 heavy (non-hydrogen) atoms. The summed E-state index contributed by atoms with van der Waals surface area (Å²) in [5, 5.41) is 3.40. The van der Waals surface area contributed by atoms with E-state index in [9.17, 15) is 0 Å². The Kier molecular flexibility index (Phi) is 1.72. The van der Waals surface area contributed by atoms with Crippen molar-refractivity contribution < 1.29 is 0 Å². The lowest BCUT2D eigenvalue weighted by Crippen LogP contribution is -1.99. The van der Waals surface area contributed by atoms with Crippen LogP contribution in [0, 0.1) is 6.92 Å². The molecule has 1 heterocycles. The third-order valence-electron chi connectivity index (χ3n) is 2.18. The van der Waals surface area contributed by atoms with E-state index in [1.165, 1.54) is 23.5 Å². The number of thioether (sulfide) groups is 1. The SMILES string of the molecule is CSC1(c2csc(C)n2)CC1. The van der Waals surface area contributed by atoms with Crippen LogP contribution in [0.1, 0.15) is 23.5 Å². The van der Waals surface area contributed by atoms with Gasteiger partial charge in [-0.05, 0) is 26.0 Å². The zero-order valence-corrected chi connectivity index (χ0v) is 8.39. The molecular formula is C8H11NS2. The van der Waals surface area contributed by atoms with Crippen LogP contribution in [0.4, 0.5) is 0 Å². The fourth-order valence-electron chi connectivity index (χ4n) is 1.25. The largest absolute Gasteiger partial charge is 0.245 e. The second-order valence-electron chi connectivity index (χ2n) is 2.95. The molecule has 0 bridgehead atoms. The van der Waals surface area contributed by atoms with Crippen molar-refractivity contribution in [1.82, 2.24) is 4.98 Å². The molecule has 0 N–H and O–H groups in total. The Morgan fingerprint density at radius 1 is 1.64 bits per heavy atom. The lowest BCUT2D eigenvalue weighted by molar-refractivity contribution is 0.964. The molecule has 0 aliphatic heterocycles. The standard InChI is InChI=1S/C8H11NS2/c1-6-9-7(5-11-6)8(10-2)3-4-8/h5H,3-4H2,1-2H3. The van der Waals surface area contributed by atoms with Crippen LogP contribution in [-0.2, 0) is 4.75 Å². The Balaban J connectivity index is 2.29. The van der Waals surface area contributed by atoms with Crippen molar-refractivity contribution in [3.8, 4) is 0 Å². The molecule has 0 atom stereocenters. The number of nitrogens with zero attached hydrogens (tertiary/aromatic N) is 1. The molecule has 1 fully saturated rings. The van der Waals surface area contributed by atoms with Crippen LogP contribution in [0.3, 0.4) is 0 Å². The smallest absolute Gasteiger partial charge is 0.0897 e. The van der Waals surface area contributed by atoms with E-state index in [4.69, 9.17) is 0 Å². The van der Waals surface area contributed by atoms with E-state index in [2.05, 4.69) is 23.5 Å². The van der Waals surface area contributed by atoms with Crippen molar-refractivity contribution in [3.63, 3.8) is 0 Å². The highest BCUT2D eigenvalue weighted by molar-refractivity contribution is 7.99. The zero-order valence-electron chi connectivity index (χ0n) is 6.76. The van der Waals surface area contributed by atoms with E-state index >= 15 is 0 Å². The Hall–Kier alpha value is -0.0200. The minimum absolute atomic E-state index is 0.421. The van der Waals surface area contributed by atoms with Gasteiger partial charge in [0.2, 0.25) is 0 Å². The summed E-state index contributed by atoms with van der Waals surface area (Å²) in [6, 6.07) is 0. The van der Waals surface area contributed by atoms with Crippen LogP contribution in [0.5, 0.6) is 0 Å². The highest BCUT2D eigenvalue weighted by atomic mass is 32.2. The summed E-state index contributed by atoms with van der Waals surface area (Å²) >= 11 is 3.71. The fraction of sp³-hybridized carbons (Fsp3) is 0.625. The van der Waals surface area contributed by atoms with Gasteiger partial charge in [-0.3, -0.25) is 0 Å². The number of aromatic nitrogens is 1. The number of hydrogen-bond donors (Lipinski definition) is 0. The van der Waals surface area contributed by atoms with Crippen LogP contribution in [-0.4, -0.2) is 11.2 Å². The first-order valence-electron chi connectivity index (χ1n) is 3.75. The molecule has 1 nitrogen and oxygen atoms in total. The fourth-order valence-corrected chi connectivity index (χ4v) is 2.86. The normalized spacial score (nSPS) is 20.2. The van der Waals surface area contributed by atoms with E-state index in [1.807, 2.05) is 11.8 Å². The van der Waals surface area contributed by atoms with Crippen molar-refractivity contribution in [2.75, 3.05) is 6.26 Å². The molecule has 1 saturated carbocycles. The van der Waals surface area contributed by atoms with Crippen molar-refractivity contribution >= 4 is 23.1 Å². The molecule has 3 heteroatoms. The Labute approximate surface area is 75.2 Å². The van der Waals surface area contributed by atoms with Crippen LogP contribution in [0.15, 0.2) is 5.38 Å². The van der Waals surface area contributed by atoms with Crippen molar-refractivity contribution in [2.45, 2.75) is 24.5 Å². The first-order chi connectivity index (χ1) is 5.27. The third kappa shape index (κ3) is 1.20. The molecular weight excluding hydrogens is 174 g/mol. The zero-order chi connectivity index (χ0) is 7.90. The highest BCUT2D eigenvalue weighted by Crippen LogP contribution is 2.55. The molecule has 1 aliphatic rings. The molecule has 1 aliphatic carbocycles. The van der Waals surface area contributed by atoms with Crippen molar-refractivity contribution in [3.05, 3.63) is 16.1 Å². The van der Waals surface area contributed by atoms with E-state index in [-0.39, 0.29) is 0 Å². The average Bonchev–Trinajstić information content (AvgIpc) is 2.70. The summed E-state index contributed by atoms with van der Waals surface area (Å²) in [6.45, 7) is 2.07. The van der Waals surface area contributed by atoms with E-state index in [0.29, 0.717) is 4.75 Å². The van der Waals surface area contributed by atoms with Crippen LogP contribution < -0.4 is 0 Å². The molecule has 1 aromatic rings. The highest BCUT2D eigenvalue weighted by Gasteiger charge is 2.45. The minimum Gasteiger partial charge on any atom is -0.245 e. The molecule has 60 valence electrons. The molecule has 2 rings (SSSR count). The minimum atomic E-state index is 0.421. The molecule has 0 radical (unpaired) electrons. The second kappa shape index (κ2) is 2.49. The number of aryl methyl sites for hydroxylation is 1. The number of thiazole rings is 1. The lowest BCUT2D eigenvalue weighted by atomic mass is 10.3. The van der Waals surface area contributed by atoms with E-state index in [1.54, 1.807) is 11.3 Å². The van der Waals surface area contributed by atoms with Crippen molar-refractivity contribution in [1.29, 1.82) is 0 Å². The Bertz CT molecular complexity index is 263. The van der Waals surface area contributed by atoms with Crippen molar-refractivity contribution in [2.24, 2.45) is 0 Å². The van der Waals surface area contributed by atoms with Gasteiger partial charge in [0.1, 0.15) is 0 Å². The third-order valence-corrected chi connectivity index (χ3v) is 4.35. The van der Waals surface area contributed by atoms with Gasteiger partial charge in [0, 0.05) is 5.38 Å². The summed E-state index contributed by atoms with van der Waals surface area (Å²) in [5.74, 6) is 0. The van der Waals surface area contributed by atoms with Gasteiger partial charge in [0.05, 0.1) is 15.4 Å². The molecule has 0 unspecified atom stereocenters. The van der Waals surface area contributed by atoms with Crippen LogP contribution in [0.2, 0.25) is 0 Å². The van der Waals surface area contributed by atoms with Gasteiger partial charge in [-0.15, -0.1) is 11.3 Å².